The molecule has 5 aliphatic rings. The summed E-state index contributed by atoms with van der Waals surface area (Å²) in [6, 6.07) is -0.149. The summed E-state index contributed by atoms with van der Waals surface area (Å²) in [6.45, 7) is 7.89. The van der Waals surface area contributed by atoms with Crippen LogP contribution in [0.15, 0.2) is 36.5 Å². The number of piperidine rings is 1. The van der Waals surface area contributed by atoms with Crippen LogP contribution in [0, 0.1) is 22.2 Å². The van der Waals surface area contributed by atoms with Gasteiger partial charge in [0.1, 0.15) is 0 Å². The molecule has 0 spiro atoms. The zero-order chi connectivity index (χ0) is 21.4. The van der Waals surface area contributed by atoms with Gasteiger partial charge in [0.2, 0.25) is 5.91 Å². The number of carbonyl (C=O) groups excluding carboxylic acids is 1. The maximum absolute atomic E-state index is 13.7. The Kier molecular flexibility index (Phi) is 6.22. The highest BCUT2D eigenvalue weighted by Crippen LogP contribution is 2.72. The molecule has 166 valence electrons. The summed E-state index contributed by atoms with van der Waals surface area (Å²) in [4.78, 5) is 13.7. The van der Waals surface area contributed by atoms with Crippen LogP contribution in [-0.2, 0) is 4.79 Å². The molecule has 4 saturated carbocycles. The average Bonchev–Trinajstić information content (AvgIpc) is 2.68. The fraction of sp³-hybridized carbons (Fsp3) is 0.720. The van der Waals surface area contributed by atoms with E-state index in [1.807, 2.05) is 19.1 Å². The van der Waals surface area contributed by atoms with Gasteiger partial charge in [-0.3, -0.25) is 4.79 Å². The Balaban J connectivity index is 1.63. The van der Waals surface area contributed by atoms with Crippen LogP contribution < -0.4 is 10.6 Å². The molecule has 4 bridgehead atoms. The molecule has 5 fully saturated rings. The molecular weight excluding hydrogens is 396 g/mol. The molecule has 1 heterocycles. The summed E-state index contributed by atoms with van der Waals surface area (Å²) in [5.41, 5.74) is 0.951. The van der Waals surface area contributed by atoms with Crippen molar-refractivity contribution < 1.29 is 9.90 Å². The van der Waals surface area contributed by atoms with E-state index >= 15 is 0 Å². The largest absolute Gasteiger partial charge is 0.390 e. The number of nitrogens with one attached hydrogen (secondary N) is 2. The van der Waals surface area contributed by atoms with Crippen molar-refractivity contribution in [2.75, 3.05) is 19.0 Å². The number of carbonyl (C=O) groups is 1. The van der Waals surface area contributed by atoms with E-state index < -0.39 is 6.10 Å². The second-order valence-electron chi connectivity index (χ2n) is 10.6. The lowest BCUT2D eigenvalue weighted by Crippen LogP contribution is -2.63. The lowest BCUT2D eigenvalue weighted by Gasteiger charge is -2.66. The number of hydrogen-bond donors (Lipinski definition) is 3. The Labute approximate surface area is 186 Å². The lowest BCUT2D eigenvalue weighted by molar-refractivity contribution is -0.171. The van der Waals surface area contributed by atoms with Crippen LogP contribution in [0.4, 0.5) is 0 Å². The van der Waals surface area contributed by atoms with Crippen LogP contribution in [0.1, 0.15) is 58.3 Å². The molecule has 3 N–H and O–H groups in total. The first-order valence-corrected chi connectivity index (χ1v) is 12.1. The standard InChI is InChI=1S/C25H37ClN2O2/c1-3-4-5-6-18(2)24-12-19-11-23(15-24,8-9-26)16-25(13-19,17-24)22(30)28-20-7-10-27-14-21(20)29/h3-6,19-21,27,29H,2,7-17H2,1H3,(H,28,30)/b4-3-,6-5-/t19?,20-,21-,23-,24-,25?/m1/s1. The van der Waals surface area contributed by atoms with Gasteiger partial charge in [0.05, 0.1) is 17.6 Å². The number of rotatable bonds is 7. The van der Waals surface area contributed by atoms with Crippen molar-refractivity contribution in [3.63, 3.8) is 0 Å². The Morgan fingerprint density at radius 1 is 1.23 bits per heavy atom. The monoisotopic (exact) mass is 432 g/mol. The number of allylic oxidation sites excluding steroid dienone is 5. The number of aliphatic hydroxyl groups excluding tert-OH is 1. The van der Waals surface area contributed by atoms with Gasteiger partial charge in [0.15, 0.2) is 0 Å². The molecule has 1 amide bonds. The van der Waals surface area contributed by atoms with Gasteiger partial charge < -0.3 is 15.7 Å². The topological polar surface area (TPSA) is 61.4 Å². The van der Waals surface area contributed by atoms with Crippen LogP contribution in [0.5, 0.6) is 0 Å². The molecule has 6 atom stereocenters. The third kappa shape index (κ3) is 3.91. The second-order valence-corrected chi connectivity index (χ2v) is 10.9. The molecule has 1 saturated heterocycles. The molecule has 2 unspecified atom stereocenters. The van der Waals surface area contributed by atoms with Crippen molar-refractivity contribution in [3.05, 3.63) is 36.5 Å². The molecule has 5 rings (SSSR count). The predicted octanol–water partition coefficient (Wildman–Crippen LogP) is 4.10. The van der Waals surface area contributed by atoms with E-state index in [0.717, 1.165) is 51.5 Å². The lowest BCUT2D eigenvalue weighted by atomic mass is 9.37. The highest BCUT2D eigenvalue weighted by atomic mass is 35.5. The zero-order valence-corrected chi connectivity index (χ0v) is 19.0. The van der Waals surface area contributed by atoms with E-state index in [9.17, 15) is 9.90 Å². The minimum Gasteiger partial charge on any atom is -0.390 e. The number of halogens is 1. The van der Waals surface area contributed by atoms with Gasteiger partial charge in [-0.15, -0.1) is 11.6 Å². The number of alkyl halides is 1. The van der Waals surface area contributed by atoms with E-state index in [-0.39, 0.29) is 28.2 Å². The molecule has 0 aromatic carbocycles. The third-order valence-corrected chi connectivity index (χ3v) is 8.53. The maximum atomic E-state index is 13.7. The molecule has 1 aliphatic heterocycles. The fourth-order valence-electron chi connectivity index (χ4n) is 7.52. The van der Waals surface area contributed by atoms with E-state index in [4.69, 9.17) is 11.6 Å². The van der Waals surface area contributed by atoms with Gasteiger partial charge in [0, 0.05) is 12.4 Å². The molecule has 4 nitrogen and oxygen atoms in total. The van der Waals surface area contributed by atoms with Gasteiger partial charge in [-0.25, -0.2) is 0 Å². The minimum atomic E-state index is -0.513. The Hall–Kier alpha value is -1.10. The van der Waals surface area contributed by atoms with E-state index in [1.165, 1.54) is 12.0 Å². The number of aliphatic hydroxyl groups is 1. The summed E-state index contributed by atoms with van der Waals surface area (Å²) in [5, 5.41) is 16.8. The van der Waals surface area contributed by atoms with E-state index in [1.54, 1.807) is 0 Å². The van der Waals surface area contributed by atoms with Crippen LogP contribution >= 0.6 is 11.6 Å². The van der Waals surface area contributed by atoms with Crippen molar-refractivity contribution in [1.82, 2.24) is 10.6 Å². The number of β-amino-alcohol motifs (C(OH)–C–C–N with tert-alkyl or cyclic N) is 1. The predicted molar refractivity (Wildman–Crippen MR) is 122 cm³/mol. The maximum Gasteiger partial charge on any atom is 0.226 e. The first-order chi connectivity index (χ1) is 14.4. The Bertz CT molecular complexity index is 749. The molecule has 0 aromatic rings. The van der Waals surface area contributed by atoms with Crippen LogP contribution in [0.3, 0.4) is 0 Å². The molecule has 30 heavy (non-hydrogen) atoms. The number of amides is 1. The third-order valence-electron chi connectivity index (χ3n) is 8.34. The Morgan fingerprint density at radius 3 is 2.73 bits per heavy atom. The van der Waals surface area contributed by atoms with E-state index in [2.05, 4.69) is 29.4 Å². The molecular formula is C25H37ClN2O2. The van der Waals surface area contributed by atoms with Gasteiger partial charge >= 0.3 is 0 Å². The minimum absolute atomic E-state index is 0.00632. The van der Waals surface area contributed by atoms with Crippen molar-refractivity contribution in [2.45, 2.75) is 70.4 Å². The van der Waals surface area contributed by atoms with Crippen LogP contribution in [0.2, 0.25) is 0 Å². The van der Waals surface area contributed by atoms with Crippen LogP contribution in [-0.4, -0.2) is 42.1 Å². The van der Waals surface area contributed by atoms with Crippen molar-refractivity contribution in [2.24, 2.45) is 22.2 Å². The van der Waals surface area contributed by atoms with Gasteiger partial charge in [-0.1, -0.05) is 30.9 Å². The first kappa shape index (κ1) is 22.1. The van der Waals surface area contributed by atoms with Gasteiger partial charge in [0.25, 0.3) is 0 Å². The quantitative estimate of drug-likeness (QED) is 0.419. The fourth-order valence-corrected chi connectivity index (χ4v) is 7.92. The summed E-state index contributed by atoms with van der Waals surface area (Å²) in [6.07, 6.45) is 15.8. The van der Waals surface area contributed by atoms with Gasteiger partial charge in [-0.05, 0) is 87.2 Å². The smallest absolute Gasteiger partial charge is 0.226 e. The van der Waals surface area contributed by atoms with Crippen molar-refractivity contribution >= 4 is 17.5 Å². The molecule has 0 aromatic heterocycles. The van der Waals surface area contributed by atoms with Crippen molar-refractivity contribution in [3.8, 4) is 0 Å². The molecule has 0 radical (unpaired) electrons. The summed E-state index contributed by atoms with van der Waals surface area (Å²) in [7, 11) is 0. The molecule has 5 heteroatoms. The normalized spacial score (nSPS) is 42.8. The van der Waals surface area contributed by atoms with E-state index in [0.29, 0.717) is 18.3 Å². The summed E-state index contributed by atoms with van der Waals surface area (Å²) < 4.78 is 0. The first-order valence-electron chi connectivity index (χ1n) is 11.6. The van der Waals surface area contributed by atoms with Crippen molar-refractivity contribution in [1.29, 1.82) is 0 Å². The zero-order valence-electron chi connectivity index (χ0n) is 18.3. The number of hydrogen-bond acceptors (Lipinski definition) is 3. The Morgan fingerprint density at radius 2 is 2.00 bits per heavy atom. The SMILES string of the molecule is C=C(/C=C\C=C/C)[C@]12CC3CC(C(=O)N[C@@H]4CCNC[C@H]4O)(C[C@](CCCl)(C3)C1)C2. The van der Waals surface area contributed by atoms with Gasteiger partial charge in [-0.2, -0.15) is 0 Å². The second kappa shape index (κ2) is 8.44. The summed E-state index contributed by atoms with van der Waals surface area (Å²) >= 11 is 6.28. The molecule has 4 aliphatic carbocycles. The highest BCUT2D eigenvalue weighted by Gasteiger charge is 2.65. The average molecular weight is 433 g/mol. The summed E-state index contributed by atoms with van der Waals surface area (Å²) in [5.74, 6) is 1.36. The highest BCUT2D eigenvalue weighted by molar-refractivity contribution is 6.17. The van der Waals surface area contributed by atoms with Crippen LogP contribution in [0.25, 0.3) is 0 Å².